The van der Waals surface area contributed by atoms with Gasteiger partial charge in [-0.1, -0.05) is 18.3 Å². The molecule has 0 atom stereocenters. The van der Waals surface area contributed by atoms with Crippen LogP contribution in [0.4, 0.5) is 0 Å². The third kappa shape index (κ3) is 4.96. The molecule has 1 heterocycles. The molecule has 7 heteroatoms. The van der Waals surface area contributed by atoms with Crippen LogP contribution in [0.2, 0.25) is 0 Å². The van der Waals surface area contributed by atoms with Crippen molar-refractivity contribution in [2.75, 3.05) is 12.9 Å². The van der Waals surface area contributed by atoms with Gasteiger partial charge in [-0.15, -0.1) is 11.8 Å². The Morgan fingerprint density at radius 1 is 1.43 bits per heavy atom. The van der Waals surface area contributed by atoms with Crippen LogP contribution < -0.4 is 26.3 Å². The Hall–Kier alpha value is -1.05. The molecule has 23 heavy (non-hydrogen) atoms. The topological polar surface area (TPSA) is 50.4 Å². The summed E-state index contributed by atoms with van der Waals surface area (Å²) in [6.45, 7) is 5.02. The first kappa shape index (κ1) is 20.0. The largest absolute Gasteiger partial charge is 1.00 e. The number of thiazole rings is 1. The fourth-order valence-electron chi connectivity index (χ4n) is 2.18. The van der Waals surface area contributed by atoms with Gasteiger partial charge in [-0.3, -0.25) is 4.79 Å². The van der Waals surface area contributed by atoms with Crippen molar-refractivity contribution < 1.29 is 36.2 Å². The lowest BCUT2D eigenvalue weighted by Gasteiger charge is -2.00. The number of aliphatic carboxylic acids is 1. The number of fused-ring (bicyclic) bond motifs is 1. The van der Waals surface area contributed by atoms with E-state index in [1.807, 2.05) is 19.1 Å². The summed E-state index contributed by atoms with van der Waals surface area (Å²) < 4.78 is 8.74. The second kappa shape index (κ2) is 9.30. The van der Waals surface area contributed by atoms with Crippen LogP contribution in [0.1, 0.15) is 25.3 Å². The molecule has 0 aliphatic heterocycles. The summed E-state index contributed by atoms with van der Waals surface area (Å²) in [4.78, 5) is 11.8. The third-order valence-electron chi connectivity index (χ3n) is 3.27. The number of allylic oxidation sites excluding steroid dienone is 1. The Labute approximate surface area is 154 Å². The van der Waals surface area contributed by atoms with E-state index in [1.165, 1.54) is 16.5 Å². The summed E-state index contributed by atoms with van der Waals surface area (Å²) in [5, 5.41) is 9.97. The lowest BCUT2D eigenvalue weighted by molar-refractivity contribution is -0.665. The monoisotopic (exact) mass is 417 g/mol. The number of ether oxygens (including phenoxy) is 1. The van der Waals surface area contributed by atoms with Gasteiger partial charge in [0.15, 0.2) is 0 Å². The van der Waals surface area contributed by atoms with Gasteiger partial charge in [-0.2, -0.15) is 4.57 Å². The van der Waals surface area contributed by atoms with Crippen LogP contribution in [0.5, 0.6) is 5.75 Å². The number of carboxylic acid groups (broad SMARTS) is 1. The molecule has 0 fully saturated rings. The fourth-order valence-corrected chi connectivity index (χ4v) is 4.14. The highest BCUT2D eigenvalue weighted by Crippen LogP contribution is 2.28. The number of nitrogens with zero attached hydrogens (tertiary/aromatic N) is 1. The molecule has 1 aromatic heterocycles. The minimum absolute atomic E-state index is 0. The first-order chi connectivity index (χ1) is 10.6. The summed E-state index contributed by atoms with van der Waals surface area (Å²) in [6.07, 6.45) is 2.94. The number of aryl methyl sites for hydroxylation is 1. The van der Waals surface area contributed by atoms with E-state index >= 15 is 0 Å². The second-order valence-corrected chi connectivity index (χ2v) is 6.83. The van der Waals surface area contributed by atoms with Crippen molar-refractivity contribution >= 4 is 45.4 Å². The first-order valence-corrected chi connectivity index (χ1v) is 8.94. The van der Waals surface area contributed by atoms with Crippen LogP contribution in [-0.4, -0.2) is 23.9 Å². The van der Waals surface area contributed by atoms with Crippen molar-refractivity contribution in [1.82, 2.24) is 0 Å². The summed E-state index contributed by atoms with van der Waals surface area (Å²) in [6, 6.07) is 6.08. The zero-order chi connectivity index (χ0) is 16.1. The molecule has 0 saturated heterocycles. The second-order valence-electron chi connectivity index (χ2n) is 4.66. The van der Waals surface area contributed by atoms with Gasteiger partial charge in [-0.25, -0.2) is 0 Å². The van der Waals surface area contributed by atoms with E-state index < -0.39 is 5.97 Å². The van der Waals surface area contributed by atoms with E-state index in [1.54, 1.807) is 18.4 Å². The number of benzene rings is 1. The molecule has 1 aromatic carbocycles. The van der Waals surface area contributed by atoms with Crippen LogP contribution in [0.3, 0.4) is 0 Å². The lowest BCUT2D eigenvalue weighted by atomic mass is 10.3. The van der Waals surface area contributed by atoms with Crippen molar-refractivity contribution in [3.8, 4) is 5.75 Å². The number of carbonyl (C=O) groups is 1. The summed E-state index contributed by atoms with van der Waals surface area (Å²) in [5.74, 6) is 0.164. The average molecular weight is 418 g/mol. The smallest absolute Gasteiger partial charge is 0.313 e. The van der Waals surface area contributed by atoms with Crippen molar-refractivity contribution in [2.45, 2.75) is 26.8 Å². The molecule has 0 unspecified atom stereocenters. The summed E-state index contributed by atoms with van der Waals surface area (Å²) >= 11 is 3.11. The van der Waals surface area contributed by atoms with Crippen molar-refractivity contribution in [3.05, 3.63) is 28.1 Å². The SMILES string of the molecule is CC/C(=C\c1sc2ccc(OC)cc2[n+]1CC)SCC(=O)O.[Br-]. The Bertz CT molecular complexity index is 713. The molecule has 2 aromatic rings. The Morgan fingerprint density at radius 2 is 2.17 bits per heavy atom. The molecule has 1 N–H and O–H groups in total. The maximum atomic E-state index is 10.7. The van der Waals surface area contributed by atoms with E-state index in [9.17, 15) is 4.79 Å². The highest BCUT2D eigenvalue weighted by Gasteiger charge is 2.18. The van der Waals surface area contributed by atoms with E-state index in [4.69, 9.17) is 9.84 Å². The standard InChI is InChI=1S/C16H19NO3S2.BrH/c1-4-12(21-10-16(18)19)9-15-17(5-2)13-8-11(20-3)6-7-14(13)22-15;/h6-9H,4-5,10H2,1-3H3;1H/b12-9+;. The molecular weight excluding hydrogens is 398 g/mol. The molecular formula is C16H20BrNO3S2. The van der Waals surface area contributed by atoms with E-state index in [-0.39, 0.29) is 22.7 Å². The van der Waals surface area contributed by atoms with Gasteiger partial charge in [0.05, 0.1) is 18.9 Å². The summed E-state index contributed by atoms with van der Waals surface area (Å²) in [7, 11) is 1.67. The molecule has 2 rings (SSSR count). The lowest BCUT2D eigenvalue weighted by Crippen LogP contribution is -3.00. The molecule has 0 bridgehead atoms. The third-order valence-corrected chi connectivity index (χ3v) is 5.55. The molecule has 126 valence electrons. The number of aromatic nitrogens is 1. The van der Waals surface area contributed by atoms with Crippen molar-refractivity contribution in [2.24, 2.45) is 0 Å². The van der Waals surface area contributed by atoms with Gasteiger partial charge in [0, 0.05) is 6.08 Å². The van der Waals surface area contributed by atoms with Gasteiger partial charge >= 0.3 is 5.97 Å². The molecule has 0 amide bonds. The van der Waals surface area contributed by atoms with Crippen molar-refractivity contribution in [3.63, 3.8) is 0 Å². The first-order valence-electron chi connectivity index (χ1n) is 7.14. The quantitative estimate of drug-likeness (QED) is 0.676. The van der Waals surface area contributed by atoms with Crippen LogP contribution in [-0.2, 0) is 11.3 Å². The predicted molar refractivity (Wildman–Crippen MR) is 92.6 cm³/mol. The number of carboxylic acids is 1. The number of halogens is 1. The molecule has 4 nitrogen and oxygen atoms in total. The molecule has 0 aliphatic carbocycles. The maximum Gasteiger partial charge on any atom is 0.313 e. The maximum absolute atomic E-state index is 10.7. The molecule has 0 saturated carbocycles. The predicted octanol–water partition coefficient (Wildman–Crippen LogP) is 0.790. The van der Waals surface area contributed by atoms with Crippen molar-refractivity contribution in [1.29, 1.82) is 0 Å². The minimum Gasteiger partial charge on any atom is -1.00 e. The van der Waals surface area contributed by atoms with E-state index in [0.717, 1.165) is 34.1 Å². The van der Waals surface area contributed by atoms with Gasteiger partial charge in [0.1, 0.15) is 17.0 Å². The number of methoxy groups -OCH3 is 1. The van der Waals surface area contributed by atoms with E-state index in [2.05, 4.69) is 23.6 Å². The summed E-state index contributed by atoms with van der Waals surface area (Å²) in [5.41, 5.74) is 1.15. The normalized spacial score (nSPS) is 11.3. The number of thioether (sulfide) groups is 1. The average Bonchev–Trinajstić information content (AvgIpc) is 2.86. The van der Waals surface area contributed by atoms with Crippen LogP contribution in [0.25, 0.3) is 16.3 Å². The van der Waals surface area contributed by atoms with Crippen LogP contribution >= 0.6 is 23.1 Å². The molecule has 0 aliphatic rings. The Kier molecular flexibility index (Phi) is 8.08. The van der Waals surface area contributed by atoms with Crippen LogP contribution in [0.15, 0.2) is 23.1 Å². The highest BCUT2D eigenvalue weighted by molar-refractivity contribution is 8.03. The van der Waals surface area contributed by atoms with Gasteiger partial charge in [0.2, 0.25) is 5.52 Å². The number of hydrogen-bond acceptors (Lipinski definition) is 4. The van der Waals surface area contributed by atoms with Crippen LogP contribution in [0, 0.1) is 0 Å². The fraction of sp³-hybridized carbons (Fsp3) is 0.375. The highest BCUT2D eigenvalue weighted by atomic mass is 79.9. The van der Waals surface area contributed by atoms with Gasteiger partial charge < -0.3 is 26.8 Å². The Morgan fingerprint density at radius 3 is 2.74 bits per heavy atom. The van der Waals surface area contributed by atoms with Gasteiger partial charge in [-0.05, 0) is 30.4 Å². The van der Waals surface area contributed by atoms with E-state index in [0.29, 0.717) is 0 Å². The zero-order valence-corrected chi connectivity index (χ0v) is 16.6. The molecule has 0 radical (unpaired) electrons. The van der Waals surface area contributed by atoms with Gasteiger partial charge in [0.25, 0.3) is 5.01 Å². The minimum atomic E-state index is -0.784. The molecule has 0 spiro atoms. The number of hydrogen-bond donors (Lipinski definition) is 1. The number of rotatable bonds is 7. The zero-order valence-electron chi connectivity index (χ0n) is 13.3. The Balaban J connectivity index is 0.00000264.